The number of rotatable bonds is 3. The van der Waals surface area contributed by atoms with E-state index < -0.39 is 0 Å². The Kier molecular flexibility index (Phi) is 3.96. The summed E-state index contributed by atoms with van der Waals surface area (Å²) >= 11 is 0. The van der Waals surface area contributed by atoms with Gasteiger partial charge >= 0.3 is 0 Å². The van der Waals surface area contributed by atoms with Gasteiger partial charge in [-0.3, -0.25) is 0 Å². The van der Waals surface area contributed by atoms with Gasteiger partial charge in [0.05, 0.1) is 0 Å². The van der Waals surface area contributed by atoms with E-state index in [0.717, 1.165) is 18.6 Å². The van der Waals surface area contributed by atoms with E-state index in [-0.39, 0.29) is 0 Å². The number of hydrogen-bond acceptors (Lipinski definition) is 2. The van der Waals surface area contributed by atoms with Crippen molar-refractivity contribution in [3.8, 4) is 0 Å². The third-order valence-corrected chi connectivity index (χ3v) is 3.06. The summed E-state index contributed by atoms with van der Waals surface area (Å²) in [5.74, 6) is 0. The zero-order valence-electron chi connectivity index (χ0n) is 10.4. The molecule has 0 amide bonds. The van der Waals surface area contributed by atoms with Crippen molar-refractivity contribution < 1.29 is 0 Å². The van der Waals surface area contributed by atoms with Crippen molar-refractivity contribution >= 4 is 0 Å². The molecular weight excluding hydrogens is 172 g/mol. The molecule has 0 aliphatic heterocycles. The fourth-order valence-corrected chi connectivity index (χ4v) is 2.06. The van der Waals surface area contributed by atoms with Crippen LogP contribution in [-0.2, 0) is 0 Å². The predicted octanol–water partition coefficient (Wildman–Crippen LogP) is 2.10. The van der Waals surface area contributed by atoms with Crippen LogP contribution in [0.4, 0.5) is 0 Å². The van der Waals surface area contributed by atoms with Gasteiger partial charge in [0, 0.05) is 18.6 Å². The summed E-state index contributed by atoms with van der Waals surface area (Å²) in [6.45, 7) is 8.01. The van der Waals surface area contributed by atoms with Crippen LogP contribution in [0.15, 0.2) is 0 Å². The molecule has 1 rings (SSSR count). The van der Waals surface area contributed by atoms with E-state index in [1.54, 1.807) is 0 Å². The van der Waals surface area contributed by atoms with E-state index in [9.17, 15) is 0 Å². The first-order chi connectivity index (χ1) is 6.38. The average molecular weight is 198 g/mol. The Morgan fingerprint density at radius 2 is 1.86 bits per heavy atom. The highest BCUT2D eigenvalue weighted by Gasteiger charge is 2.26. The largest absolute Gasteiger partial charge is 0.313 e. The maximum absolute atomic E-state index is 3.68. The van der Waals surface area contributed by atoms with Crippen LogP contribution in [0.25, 0.3) is 0 Å². The molecule has 0 heterocycles. The zero-order chi connectivity index (χ0) is 10.8. The summed E-state index contributed by atoms with van der Waals surface area (Å²) in [5.41, 5.74) is 0.413. The summed E-state index contributed by atoms with van der Waals surface area (Å²) in [6.07, 6.45) is 4.02. The third kappa shape index (κ3) is 3.97. The highest BCUT2D eigenvalue weighted by molar-refractivity contribution is 4.85. The molecule has 0 spiro atoms. The van der Waals surface area contributed by atoms with Crippen molar-refractivity contribution in [1.82, 2.24) is 10.2 Å². The molecular formula is C12H26N2. The predicted molar refractivity (Wildman–Crippen MR) is 62.6 cm³/mol. The van der Waals surface area contributed by atoms with Gasteiger partial charge < -0.3 is 10.2 Å². The first-order valence-corrected chi connectivity index (χ1v) is 5.78. The first kappa shape index (κ1) is 12.0. The van der Waals surface area contributed by atoms with Gasteiger partial charge in [0.15, 0.2) is 0 Å². The molecule has 84 valence electrons. The van der Waals surface area contributed by atoms with E-state index >= 15 is 0 Å². The van der Waals surface area contributed by atoms with Crippen molar-refractivity contribution in [1.29, 1.82) is 0 Å². The summed E-state index contributed by atoms with van der Waals surface area (Å²) < 4.78 is 0. The second-order valence-corrected chi connectivity index (χ2v) is 6.07. The molecule has 1 aliphatic rings. The van der Waals surface area contributed by atoms with Gasteiger partial charge in [0.25, 0.3) is 0 Å². The molecule has 0 saturated heterocycles. The number of hydrogen-bond donors (Lipinski definition) is 1. The first-order valence-electron chi connectivity index (χ1n) is 5.78. The van der Waals surface area contributed by atoms with Crippen molar-refractivity contribution in [2.75, 3.05) is 20.6 Å². The summed E-state index contributed by atoms with van der Waals surface area (Å²) in [7, 11) is 4.38. The van der Waals surface area contributed by atoms with Gasteiger partial charge in [-0.2, -0.15) is 0 Å². The van der Waals surface area contributed by atoms with Crippen LogP contribution in [0.1, 0.15) is 40.0 Å². The van der Waals surface area contributed by atoms with Gasteiger partial charge in [0.1, 0.15) is 0 Å². The topological polar surface area (TPSA) is 15.3 Å². The minimum Gasteiger partial charge on any atom is -0.313 e. The van der Waals surface area contributed by atoms with Crippen molar-refractivity contribution in [3.05, 3.63) is 0 Å². The lowest BCUT2D eigenvalue weighted by Gasteiger charge is -2.23. The SMILES string of the molecule is CN(C)C1CCC(NCC(C)(C)C)C1. The van der Waals surface area contributed by atoms with Crippen LogP contribution in [0.2, 0.25) is 0 Å². The van der Waals surface area contributed by atoms with Crippen molar-refractivity contribution in [2.45, 2.75) is 52.1 Å². The van der Waals surface area contributed by atoms with Gasteiger partial charge in [-0.15, -0.1) is 0 Å². The molecule has 0 bridgehead atoms. The van der Waals surface area contributed by atoms with Crippen LogP contribution in [0, 0.1) is 5.41 Å². The lowest BCUT2D eigenvalue weighted by molar-refractivity contribution is 0.287. The fraction of sp³-hybridized carbons (Fsp3) is 1.00. The molecule has 1 fully saturated rings. The quantitative estimate of drug-likeness (QED) is 0.747. The second kappa shape index (κ2) is 4.63. The summed E-state index contributed by atoms with van der Waals surface area (Å²) in [4.78, 5) is 2.36. The van der Waals surface area contributed by atoms with Crippen LogP contribution >= 0.6 is 0 Å². The average Bonchev–Trinajstić information content (AvgIpc) is 2.47. The molecule has 1 saturated carbocycles. The Balaban J connectivity index is 2.23. The molecule has 0 aromatic heterocycles. The Bertz CT molecular complexity index is 170. The molecule has 1 aliphatic carbocycles. The van der Waals surface area contributed by atoms with Crippen molar-refractivity contribution in [3.63, 3.8) is 0 Å². The molecule has 0 radical (unpaired) electrons. The Morgan fingerprint density at radius 1 is 1.21 bits per heavy atom. The van der Waals surface area contributed by atoms with Gasteiger partial charge in [-0.1, -0.05) is 20.8 Å². The highest BCUT2D eigenvalue weighted by Crippen LogP contribution is 2.23. The minimum atomic E-state index is 0.413. The Labute approximate surface area is 89.1 Å². The highest BCUT2D eigenvalue weighted by atomic mass is 15.1. The minimum absolute atomic E-state index is 0.413. The number of nitrogens with zero attached hydrogens (tertiary/aromatic N) is 1. The van der Waals surface area contributed by atoms with Crippen LogP contribution in [0.5, 0.6) is 0 Å². The van der Waals surface area contributed by atoms with Crippen molar-refractivity contribution in [2.24, 2.45) is 5.41 Å². The lowest BCUT2D eigenvalue weighted by atomic mass is 9.96. The molecule has 2 atom stereocenters. The van der Waals surface area contributed by atoms with Crippen LogP contribution < -0.4 is 5.32 Å². The molecule has 2 nitrogen and oxygen atoms in total. The molecule has 2 heteroatoms. The second-order valence-electron chi connectivity index (χ2n) is 6.07. The smallest absolute Gasteiger partial charge is 0.0105 e. The van der Waals surface area contributed by atoms with E-state index in [1.807, 2.05) is 0 Å². The van der Waals surface area contributed by atoms with Crippen LogP contribution in [-0.4, -0.2) is 37.6 Å². The lowest BCUT2D eigenvalue weighted by Crippen LogP contribution is -2.35. The maximum atomic E-state index is 3.68. The summed E-state index contributed by atoms with van der Waals surface area (Å²) in [5, 5.41) is 3.68. The van der Waals surface area contributed by atoms with E-state index in [2.05, 4.69) is 45.1 Å². The molecule has 14 heavy (non-hydrogen) atoms. The monoisotopic (exact) mass is 198 g/mol. The normalized spacial score (nSPS) is 28.7. The molecule has 1 N–H and O–H groups in total. The van der Waals surface area contributed by atoms with E-state index in [4.69, 9.17) is 0 Å². The Morgan fingerprint density at radius 3 is 2.29 bits per heavy atom. The van der Waals surface area contributed by atoms with E-state index in [1.165, 1.54) is 19.3 Å². The molecule has 0 aromatic rings. The molecule has 0 aromatic carbocycles. The standard InChI is InChI=1S/C12H26N2/c1-12(2,3)9-13-10-6-7-11(8-10)14(4)5/h10-11,13H,6-9H2,1-5H3. The zero-order valence-corrected chi connectivity index (χ0v) is 10.4. The molecule has 2 unspecified atom stereocenters. The maximum Gasteiger partial charge on any atom is 0.0105 e. The van der Waals surface area contributed by atoms with Crippen LogP contribution in [0.3, 0.4) is 0 Å². The third-order valence-electron chi connectivity index (χ3n) is 3.06. The van der Waals surface area contributed by atoms with E-state index in [0.29, 0.717) is 5.41 Å². The fourth-order valence-electron chi connectivity index (χ4n) is 2.06. The van der Waals surface area contributed by atoms with Gasteiger partial charge in [-0.25, -0.2) is 0 Å². The summed E-state index contributed by atoms with van der Waals surface area (Å²) in [6, 6.07) is 1.55. The Hall–Kier alpha value is -0.0800. The van der Waals surface area contributed by atoms with Gasteiger partial charge in [-0.05, 0) is 38.8 Å². The number of nitrogens with one attached hydrogen (secondary N) is 1. The van der Waals surface area contributed by atoms with Gasteiger partial charge in [0.2, 0.25) is 0 Å².